The maximum absolute atomic E-state index is 12.8. The zero-order chi connectivity index (χ0) is 19.6. The molecule has 0 amide bonds. The zero-order valence-electron chi connectivity index (χ0n) is 16.1. The van der Waals surface area contributed by atoms with Crippen LogP contribution in [0.4, 0.5) is 5.95 Å². The van der Waals surface area contributed by atoms with Gasteiger partial charge in [0.25, 0.3) is 0 Å². The molecule has 0 radical (unpaired) electrons. The number of nitrogens with zero attached hydrogens (tertiary/aromatic N) is 4. The molecule has 1 saturated heterocycles. The number of hydrogen-bond acceptors (Lipinski definition) is 6. The second-order valence-electron chi connectivity index (χ2n) is 7.91. The van der Waals surface area contributed by atoms with E-state index in [0.29, 0.717) is 37.1 Å². The predicted molar refractivity (Wildman–Crippen MR) is 107 cm³/mol. The van der Waals surface area contributed by atoms with E-state index in [0.717, 1.165) is 32.1 Å². The number of fused-ring (bicyclic) bond motifs is 1. The smallest absolute Gasteiger partial charge is 0.244 e. The van der Waals surface area contributed by atoms with E-state index >= 15 is 0 Å². The van der Waals surface area contributed by atoms with Gasteiger partial charge in [0.2, 0.25) is 16.0 Å². The third kappa shape index (κ3) is 4.16. The van der Waals surface area contributed by atoms with E-state index < -0.39 is 16.1 Å². The Kier molecular flexibility index (Phi) is 5.84. The highest BCUT2D eigenvalue weighted by Crippen LogP contribution is 2.26. The van der Waals surface area contributed by atoms with E-state index in [1.807, 2.05) is 0 Å². The number of pyridine rings is 1. The Hall–Kier alpha value is -1.71. The van der Waals surface area contributed by atoms with E-state index in [1.54, 1.807) is 16.4 Å². The quantitative estimate of drug-likeness (QED) is 0.762. The van der Waals surface area contributed by atoms with Crippen molar-refractivity contribution >= 4 is 21.6 Å². The molecule has 0 spiro atoms. The van der Waals surface area contributed by atoms with Gasteiger partial charge in [0.05, 0.1) is 12.3 Å². The summed E-state index contributed by atoms with van der Waals surface area (Å²) in [6, 6.07) is 3.27. The predicted octanol–water partition coefficient (Wildman–Crippen LogP) is 2.26. The normalized spacial score (nSPS) is 21.0. The average molecular weight is 408 g/mol. The van der Waals surface area contributed by atoms with Gasteiger partial charge in [-0.1, -0.05) is 25.7 Å². The fourth-order valence-corrected chi connectivity index (χ4v) is 5.74. The minimum Gasteiger partial charge on any atom is -0.391 e. The van der Waals surface area contributed by atoms with Crippen molar-refractivity contribution in [3.63, 3.8) is 0 Å². The van der Waals surface area contributed by atoms with E-state index in [2.05, 4.69) is 15.4 Å². The molecule has 1 atom stereocenters. The van der Waals surface area contributed by atoms with Crippen LogP contribution in [0.25, 0.3) is 5.65 Å². The van der Waals surface area contributed by atoms with Crippen LogP contribution >= 0.6 is 0 Å². The van der Waals surface area contributed by atoms with Crippen molar-refractivity contribution in [3.05, 3.63) is 18.3 Å². The lowest BCUT2D eigenvalue weighted by Gasteiger charge is -2.26. The molecule has 3 heterocycles. The third-order valence-electron chi connectivity index (χ3n) is 5.92. The second kappa shape index (κ2) is 8.34. The van der Waals surface area contributed by atoms with Gasteiger partial charge in [-0.05, 0) is 43.7 Å². The number of anilines is 1. The fourth-order valence-electron chi connectivity index (χ4n) is 4.23. The summed E-state index contributed by atoms with van der Waals surface area (Å²) in [5.74, 6) is 0.738. The van der Waals surface area contributed by atoms with Crippen LogP contribution in [0.3, 0.4) is 0 Å². The van der Waals surface area contributed by atoms with E-state index in [4.69, 9.17) is 0 Å². The van der Waals surface area contributed by atoms with Gasteiger partial charge in [-0.3, -0.25) is 0 Å². The molecule has 1 saturated carbocycles. The number of rotatable bonds is 6. The largest absolute Gasteiger partial charge is 0.391 e. The number of piperidine rings is 1. The Morgan fingerprint density at radius 1 is 1.11 bits per heavy atom. The highest BCUT2D eigenvalue weighted by atomic mass is 32.2. The van der Waals surface area contributed by atoms with Gasteiger partial charge in [-0.25, -0.2) is 12.9 Å². The first-order valence-electron chi connectivity index (χ1n) is 10.3. The van der Waals surface area contributed by atoms with Crippen molar-refractivity contribution in [1.82, 2.24) is 18.9 Å². The van der Waals surface area contributed by atoms with Crippen molar-refractivity contribution in [3.8, 4) is 0 Å². The van der Waals surface area contributed by atoms with Crippen LogP contribution < -0.4 is 5.32 Å². The van der Waals surface area contributed by atoms with Crippen LogP contribution in [0.5, 0.6) is 0 Å². The lowest BCUT2D eigenvalue weighted by Crippen LogP contribution is -2.35. The van der Waals surface area contributed by atoms with Gasteiger partial charge in [-0.2, -0.15) is 9.29 Å². The third-order valence-corrected chi connectivity index (χ3v) is 7.80. The summed E-state index contributed by atoms with van der Waals surface area (Å²) in [7, 11) is -3.50. The molecule has 154 valence electrons. The molecule has 2 aromatic heterocycles. The molecule has 8 nitrogen and oxygen atoms in total. The first kappa shape index (κ1) is 19.6. The number of hydrogen-bond donors (Lipinski definition) is 2. The van der Waals surface area contributed by atoms with Crippen molar-refractivity contribution in [2.75, 3.05) is 25.0 Å². The summed E-state index contributed by atoms with van der Waals surface area (Å²) in [6.07, 6.45) is 9.76. The van der Waals surface area contributed by atoms with E-state index in [-0.39, 0.29) is 4.90 Å². The molecular formula is C19H29N5O3S. The molecule has 2 fully saturated rings. The van der Waals surface area contributed by atoms with E-state index in [1.165, 1.54) is 30.0 Å². The van der Waals surface area contributed by atoms with Gasteiger partial charge >= 0.3 is 0 Å². The van der Waals surface area contributed by atoms with Crippen LogP contribution in [0.2, 0.25) is 0 Å². The molecule has 0 bridgehead atoms. The summed E-state index contributed by atoms with van der Waals surface area (Å²) >= 11 is 0. The molecule has 2 aliphatic rings. The van der Waals surface area contributed by atoms with Gasteiger partial charge in [-0.15, -0.1) is 5.10 Å². The summed E-state index contributed by atoms with van der Waals surface area (Å²) in [4.78, 5) is 4.62. The van der Waals surface area contributed by atoms with Crippen LogP contribution in [0.1, 0.15) is 51.4 Å². The summed E-state index contributed by atoms with van der Waals surface area (Å²) in [5.41, 5.74) is 0.576. The topological polar surface area (TPSA) is 99.8 Å². The van der Waals surface area contributed by atoms with E-state index in [9.17, 15) is 13.5 Å². The second-order valence-corrected chi connectivity index (χ2v) is 9.85. The lowest BCUT2D eigenvalue weighted by molar-refractivity contribution is 0.0955. The molecule has 4 rings (SSSR count). The van der Waals surface area contributed by atoms with Crippen molar-refractivity contribution < 1.29 is 13.5 Å². The van der Waals surface area contributed by atoms with Gasteiger partial charge in [0, 0.05) is 19.6 Å². The summed E-state index contributed by atoms with van der Waals surface area (Å²) in [5, 5.41) is 17.8. The highest BCUT2D eigenvalue weighted by Gasteiger charge is 2.26. The Balaban J connectivity index is 1.45. The number of aliphatic hydroxyl groups excluding tert-OH is 1. The van der Waals surface area contributed by atoms with Crippen molar-refractivity contribution in [2.45, 2.75) is 62.4 Å². The summed E-state index contributed by atoms with van der Waals surface area (Å²) < 4.78 is 28.7. The molecule has 9 heteroatoms. The van der Waals surface area contributed by atoms with Gasteiger partial charge in [0.15, 0.2) is 5.65 Å². The maximum atomic E-state index is 12.8. The Labute approximate surface area is 166 Å². The SMILES string of the molecule is O=S(=O)(c1ccc2nc(NCC(O)C3CCCCC3)nn2c1)N1CCCCC1. The molecule has 2 aromatic rings. The number of aromatic nitrogens is 3. The van der Waals surface area contributed by atoms with Crippen molar-refractivity contribution in [1.29, 1.82) is 0 Å². The minimum absolute atomic E-state index is 0.237. The molecular weight excluding hydrogens is 378 g/mol. The van der Waals surface area contributed by atoms with Crippen LogP contribution in [0, 0.1) is 5.92 Å². The monoisotopic (exact) mass is 407 g/mol. The first-order valence-corrected chi connectivity index (χ1v) is 11.8. The molecule has 1 aliphatic heterocycles. The number of nitrogens with one attached hydrogen (secondary N) is 1. The zero-order valence-corrected chi connectivity index (χ0v) is 16.9. The van der Waals surface area contributed by atoms with Crippen molar-refractivity contribution in [2.24, 2.45) is 5.92 Å². The highest BCUT2D eigenvalue weighted by molar-refractivity contribution is 7.89. The molecule has 0 aromatic carbocycles. The number of aliphatic hydroxyl groups is 1. The lowest BCUT2D eigenvalue weighted by atomic mass is 9.85. The summed E-state index contributed by atoms with van der Waals surface area (Å²) in [6.45, 7) is 1.55. The van der Waals surface area contributed by atoms with Gasteiger partial charge < -0.3 is 10.4 Å². The molecule has 2 N–H and O–H groups in total. The number of sulfonamides is 1. The Bertz CT molecular complexity index is 901. The van der Waals surface area contributed by atoms with Crippen LogP contribution in [-0.4, -0.2) is 58.2 Å². The first-order chi connectivity index (χ1) is 13.5. The molecule has 1 aliphatic carbocycles. The standard InChI is InChI=1S/C19H29N5O3S/c25-17(15-7-3-1-4-8-15)13-20-19-21-18-10-9-16(14-24(18)22-19)28(26,27)23-11-5-2-6-12-23/h9-10,14-15,17,25H,1-8,11-13H2,(H,20,22). The maximum Gasteiger partial charge on any atom is 0.244 e. The average Bonchev–Trinajstić information content (AvgIpc) is 3.15. The van der Waals surface area contributed by atoms with Crippen LogP contribution in [0.15, 0.2) is 23.2 Å². The Morgan fingerprint density at radius 3 is 2.57 bits per heavy atom. The molecule has 28 heavy (non-hydrogen) atoms. The van der Waals surface area contributed by atoms with Crippen LogP contribution in [-0.2, 0) is 10.0 Å². The van der Waals surface area contributed by atoms with Gasteiger partial charge in [0.1, 0.15) is 4.90 Å². The fraction of sp³-hybridized carbons (Fsp3) is 0.684. The Morgan fingerprint density at radius 2 is 1.82 bits per heavy atom. The molecule has 1 unspecified atom stereocenters. The minimum atomic E-state index is -3.50.